The second kappa shape index (κ2) is 6.41. The molecule has 0 fully saturated rings. The summed E-state index contributed by atoms with van der Waals surface area (Å²) in [6, 6.07) is 0. The molecule has 0 saturated heterocycles. The van der Waals surface area contributed by atoms with Crippen molar-refractivity contribution in [1.82, 2.24) is 9.46 Å². The van der Waals surface area contributed by atoms with Crippen LogP contribution < -0.4 is 4.94 Å². The molecule has 3 heteroatoms. The van der Waals surface area contributed by atoms with Crippen molar-refractivity contribution in [2.24, 2.45) is 0 Å². The smallest absolute Gasteiger partial charge is 0.0935 e. The third kappa shape index (κ3) is 2.56. The van der Waals surface area contributed by atoms with Gasteiger partial charge in [-0.3, -0.25) is 4.94 Å². The third-order valence-electron chi connectivity index (χ3n) is 7.34. The van der Waals surface area contributed by atoms with Crippen LogP contribution in [-0.2, 0) is 0 Å². The fraction of sp³-hybridized carbons (Fsp3) is 0.385. The van der Waals surface area contributed by atoms with Gasteiger partial charge in [-0.05, 0) is 125 Å². The highest BCUT2D eigenvalue weighted by Gasteiger charge is 2.20. The summed E-state index contributed by atoms with van der Waals surface area (Å²) in [5.41, 5.74) is 15.5. The number of hydrogen-bond donors (Lipinski definition) is 0. The quantitative estimate of drug-likeness (QED) is 0.380. The van der Waals surface area contributed by atoms with Crippen LogP contribution in [0.5, 0.6) is 0 Å². The van der Waals surface area contributed by atoms with Crippen molar-refractivity contribution in [2.75, 3.05) is 0 Å². The van der Waals surface area contributed by atoms with Gasteiger partial charge in [-0.15, -0.1) is 0 Å². The van der Waals surface area contributed by atoms with Gasteiger partial charge in [-0.1, -0.05) is 0 Å². The predicted molar refractivity (Wildman–Crippen MR) is 123 cm³/mol. The number of aryl methyl sites for hydroxylation is 6. The van der Waals surface area contributed by atoms with E-state index >= 15 is 0 Å². The first-order chi connectivity index (χ1) is 13.6. The van der Waals surface area contributed by atoms with Gasteiger partial charge in [0.05, 0.1) is 23.4 Å². The van der Waals surface area contributed by atoms with Gasteiger partial charge in [0.25, 0.3) is 0 Å². The van der Waals surface area contributed by atoms with Gasteiger partial charge in [-0.25, -0.2) is 0 Å². The van der Waals surface area contributed by atoms with Crippen LogP contribution >= 0.6 is 0 Å². The van der Waals surface area contributed by atoms with E-state index in [1.54, 1.807) is 0 Å². The highest BCUT2D eigenvalue weighted by molar-refractivity contribution is 5.92. The van der Waals surface area contributed by atoms with Gasteiger partial charge in [0.15, 0.2) is 0 Å². The summed E-state index contributed by atoms with van der Waals surface area (Å²) in [5, 5.41) is 2.61. The standard InChI is InChI=1S/C26H32N2O/c1-13-11-27(25-21(9)17(5)15(3)19(7)23(13)25)29-28-12-14(2)24-20(8)16(4)18(6)22(10)26(24)28/h11-12H,1-10H3. The maximum absolute atomic E-state index is 6.54. The normalized spacial score (nSPS) is 11.8. The molecule has 0 aliphatic rings. The number of nitrogens with zero attached hydrogens (tertiary/aromatic N) is 2. The van der Waals surface area contributed by atoms with Crippen molar-refractivity contribution in [3.05, 3.63) is 68.0 Å². The summed E-state index contributed by atoms with van der Waals surface area (Å²) in [4.78, 5) is 6.54. The van der Waals surface area contributed by atoms with E-state index in [0.29, 0.717) is 0 Å². The average molecular weight is 389 g/mol. The SMILES string of the molecule is Cc1c(C)c(C)c2c(c(C)cn2On2cc(C)c3c(C)c(C)c(C)c(C)c32)c1C. The number of rotatable bonds is 2. The maximum atomic E-state index is 6.54. The highest BCUT2D eigenvalue weighted by atomic mass is 16.8. The topological polar surface area (TPSA) is 19.1 Å². The molecule has 0 spiro atoms. The molecule has 2 aromatic heterocycles. The van der Waals surface area contributed by atoms with Crippen molar-refractivity contribution in [3.8, 4) is 0 Å². The van der Waals surface area contributed by atoms with Gasteiger partial charge in [0.2, 0.25) is 0 Å². The number of fused-ring (bicyclic) bond motifs is 2. The van der Waals surface area contributed by atoms with E-state index < -0.39 is 0 Å². The Hall–Kier alpha value is -2.68. The van der Waals surface area contributed by atoms with Crippen LogP contribution in [0.25, 0.3) is 21.8 Å². The second-order valence-corrected chi connectivity index (χ2v) is 8.80. The third-order valence-corrected chi connectivity index (χ3v) is 7.34. The lowest BCUT2D eigenvalue weighted by Crippen LogP contribution is -2.17. The molecule has 0 amide bonds. The summed E-state index contributed by atoms with van der Waals surface area (Å²) in [7, 11) is 0. The average Bonchev–Trinajstić information content (AvgIpc) is 3.17. The maximum Gasteiger partial charge on any atom is 0.0935 e. The zero-order valence-corrected chi connectivity index (χ0v) is 19.5. The van der Waals surface area contributed by atoms with Crippen LogP contribution in [0, 0.1) is 69.2 Å². The van der Waals surface area contributed by atoms with Gasteiger partial charge in [0.1, 0.15) is 0 Å². The van der Waals surface area contributed by atoms with Crippen molar-refractivity contribution in [3.63, 3.8) is 0 Å². The minimum Gasteiger partial charge on any atom is -0.282 e. The molecule has 0 aliphatic carbocycles. The summed E-state index contributed by atoms with van der Waals surface area (Å²) in [6.45, 7) is 22.0. The van der Waals surface area contributed by atoms with E-state index in [2.05, 4.69) is 81.6 Å². The Balaban J connectivity index is 2.02. The predicted octanol–water partition coefficient (Wildman–Crippen LogP) is 6.57. The van der Waals surface area contributed by atoms with E-state index in [1.807, 2.05) is 9.46 Å². The first-order valence-corrected chi connectivity index (χ1v) is 10.4. The monoisotopic (exact) mass is 388 g/mol. The lowest BCUT2D eigenvalue weighted by Gasteiger charge is -2.17. The van der Waals surface area contributed by atoms with Gasteiger partial charge in [0, 0.05) is 10.8 Å². The van der Waals surface area contributed by atoms with Crippen LogP contribution in [0.2, 0.25) is 0 Å². The summed E-state index contributed by atoms with van der Waals surface area (Å²) in [5.74, 6) is 0. The van der Waals surface area contributed by atoms with Crippen LogP contribution in [-0.4, -0.2) is 9.46 Å². The van der Waals surface area contributed by atoms with Crippen molar-refractivity contribution in [1.29, 1.82) is 0 Å². The van der Waals surface area contributed by atoms with Crippen LogP contribution in [0.3, 0.4) is 0 Å². The van der Waals surface area contributed by atoms with Crippen LogP contribution in [0.15, 0.2) is 12.4 Å². The Morgan fingerprint density at radius 1 is 0.448 bits per heavy atom. The van der Waals surface area contributed by atoms with E-state index in [0.717, 1.165) is 0 Å². The molecule has 2 aromatic carbocycles. The van der Waals surface area contributed by atoms with E-state index in [9.17, 15) is 0 Å². The fourth-order valence-corrected chi connectivity index (χ4v) is 4.93. The molecule has 2 heterocycles. The zero-order chi connectivity index (χ0) is 21.4. The molecule has 0 atom stereocenters. The molecule has 3 nitrogen and oxygen atoms in total. The Bertz CT molecular complexity index is 1210. The molecular formula is C26H32N2O. The largest absolute Gasteiger partial charge is 0.282 e. The molecule has 0 bridgehead atoms. The lowest BCUT2D eigenvalue weighted by atomic mass is 9.94. The molecule has 0 unspecified atom stereocenters. The van der Waals surface area contributed by atoms with Crippen molar-refractivity contribution >= 4 is 21.8 Å². The van der Waals surface area contributed by atoms with Crippen molar-refractivity contribution in [2.45, 2.75) is 69.2 Å². The molecule has 4 aromatic rings. The zero-order valence-electron chi connectivity index (χ0n) is 19.5. The molecule has 0 N–H and O–H groups in total. The van der Waals surface area contributed by atoms with Crippen LogP contribution in [0.4, 0.5) is 0 Å². The van der Waals surface area contributed by atoms with Gasteiger partial charge in [-0.2, -0.15) is 9.46 Å². The molecular weight excluding hydrogens is 356 g/mol. The van der Waals surface area contributed by atoms with Gasteiger partial charge < -0.3 is 0 Å². The number of hydrogen-bond acceptors (Lipinski definition) is 1. The minimum atomic E-state index is 1.17. The highest BCUT2D eigenvalue weighted by Crippen LogP contribution is 2.34. The van der Waals surface area contributed by atoms with Crippen molar-refractivity contribution < 1.29 is 4.94 Å². The number of aromatic nitrogens is 2. The van der Waals surface area contributed by atoms with E-state index in [1.165, 1.54) is 77.4 Å². The fourth-order valence-electron chi connectivity index (χ4n) is 4.93. The molecule has 152 valence electrons. The summed E-state index contributed by atoms with van der Waals surface area (Å²) >= 11 is 0. The molecule has 0 aliphatic heterocycles. The van der Waals surface area contributed by atoms with E-state index in [-0.39, 0.29) is 0 Å². The molecule has 29 heavy (non-hydrogen) atoms. The Morgan fingerprint density at radius 3 is 1.10 bits per heavy atom. The number of benzene rings is 2. The molecule has 0 saturated carbocycles. The molecule has 0 radical (unpaired) electrons. The lowest BCUT2D eigenvalue weighted by molar-refractivity contribution is 0.0513. The molecule has 4 rings (SSSR count). The van der Waals surface area contributed by atoms with Crippen LogP contribution in [0.1, 0.15) is 55.6 Å². The Morgan fingerprint density at radius 2 is 0.759 bits per heavy atom. The minimum absolute atomic E-state index is 1.17. The summed E-state index contributed by atoms with van der Waals surface area (Å²) < 4.78 is 3.92. The first kappa shape index (κ1) is 19.6. The Kier molecular flexibility index (Phi) is 4.34. The van der Waals surface area contributed by atoms with Gasteiger partial charge >= 0.3 is 0 Å². The second-order valence-electron chi connectivity index (χ2n) is 8.80. The van der Waals surface area contributed by atoms with E-state index in [4.69, 9.17) is 4.94 Å². The first-order valence-electron chi connectivity index (χ1n) is 10.4. The Labute approximate surface area is 173 Å². The summed E-state index contributed by atoms with van der Waals surface area (Å²) in [6.07, 6.45) is 4.24.